The predicted molar refractivity (Wildman–Crippen MR) is 84.2 cm³/mol. The molecule has 0 saturated carbocycles. The van der Waals surface area contributed by atoms with Crippen molar-refractivity contribution >= 4 is 17.2 Å². The molecule has 0 fully saturated rings. The summed E-state index contributed by atoms with van der Waals surface area (Å²) < 4.78 is 0. The summed E-state index contributed by atoms with van der Waals surface area (Å²) in [6.45, 7) is 2.63. The number of hydrogen-bond donors (Lipinski definition) is 2. The smallest absolute Gasteiger partial charge is 0.251 e. The molecule has 0 spiro atoms. The first-order valence-corrected chi connectivity index (χ1v) is 7.47. The topological polar surface area (TPSA) is 57.8 Å². The second-order valence-electron chi connectivity index (χ2n) is 4.76. The minimum absolute atomic E-state index is 0.0557. The fourth-order valence-electron chi connectivity index (χ4n) is 2.07. The number of H-pyrrole nitrogens is 1. The summed E-state index contributed by atoms with van der Waals surface area (Å²) in [5.74, 6) is -0.0557. The molecule has 0 aliphatic rings. The van der Waals surface area contributed by atoms with Crippen molar-refractivity contribution in [2.75, 3.05) is 0 Å². The summed E-state index contributed by atoms with van der Waals surface area (Å²) in [6.07, 6.45) is 3.59. The van der Waals surface area contributed by atoms with Crippen LogP contribution in [0.3, 0.4) is 0 Å². The van der Waals surface area contributed by atoms with E-state index in [1.807, 2.05) is 36.5 Å². The molecule has 0 saturated heterocycles. The van der Waals surface area contributed by atoms with Crippen LogP contribution in [-0.4, -0.2) is 16.1 Å². The minimum Gasteiger partial charge on any atom is -0.347 e. The largest absolute Gasteiger partial charge is 0.347 e. The standard InChI is InChI=1S/C16H15N3OS/c1-11-2-7-15(21-11)10-17-16(20)13-5-3-12(4-6-13)14-8-18-19-9-14/h2-9H,10H2,1H3,(H,17,20)(H,18,19). The molecule has 0 bridgehead atoms. The molecule has 0 aliphatic heterocycles. The zero-order valence-electron chi connectivity index (χ0n) is 11.6. The van der Waals surface area contributed by atoms with Crippen LogP contribution in [0.4, 0.5) is 0 Å². The van der Waals surface area contributed by atoms with Crippen LogP contribution in [0.25, 0.3) is 11.1 Å². The van der Waals surface area contributed by atoms with Crippen molar-refractivity contribution in [3.8, 4) is 11.1 Å². The number of nitrogens with zero attached hydrogens (tertiary/aromatic N) is 1. The number of rotatable bonds is 4. The van der Waals surface area contributed by atoms with Gasteiger partial charge in [0, 0.05) is 27.1 Å². The Morgan fingerprint density at radius 3 is 2.62 bits per heavy atom. The molecule has 2 N–H and O–H groups in total. The first kappa shape index (κ1) is 13.6. The lowest BCUT2D eigenvalue weighted by molar-refractivity contribution is 0.0951. The number of benzene rings is 1. The van der Waals surface area contributed by atoms with E-state index in [1.54, 1.807) is 17.5 Å². The van der Waals surface area contributed by atoms with Crippen LogP contribution >= 0.6 is 11.3 Å². The summed E-state index contributed by atoms with van der Waals surface area (Å²) in [6, 6.07) is 11.6. The molecule has 1 amide bonds. The van der Waals surface area contributed by atoms with Gasteiger partial charge in [0.25, 0.3) is 5.91 Å². The van der Waals surface area contributed by atoms with Gasteiger partial charge in [0.1, 0.15) is 0 Å². The fourth-order valence-corrected chi connectivity index (χ4v) is 2.90. The maximum absolute atomic E-state index is 12.1. The van der Waals surface area contributed by atoms with E-state index >= 15 is 0 Å². The minimum atomic E-state index is -0.0557. The van der Waals surface area contributed by atoms with E-state index in [9.17, 15) is 4.79 Å². The van der Waals surface area contributed by atoms with Gasteiger partial charge in [-0.05, 0) is 36.8 Å². The molecular weight excluding hydrogens is 282 g/mol. The Balaban J connectivity index is 1.65. The summed E-state index contributed by atoms with van der Waals surface area (Å²) in [5.41, 5.74) is 2.71. The summed E-state index contributed by atoms with van der Waals surface area (Å²) in [4.78, 5) is 14.5. The fraction of sp³-hybridized carbons (Fsp3) is 0.125. The first-order valence-electron chi connectivity index (χ1n) is 6.65. The van der Waals surface area contributed by atoms with Gasteiger partial charge in [0.05, 0.1) is 12.7 Å². The van der Waals surface area contributed by atoms with Crippen molar-refractivity contribution in [1.29, 1.82) is 0 Å². The molecule has 1 aromatic carbocycles. The number of aryl methyl sites for hydroxylation is 1. The third kappa shape index (κ3) is 3.20. The third-order valence-electron chi connectivity index (χ3n) is 3.20. The van der Waals surface area contributed by atoms with Gasteiger partial charge in [0.15, 0.2) is 0 Å². The average molecular weight is 297 g/mol. The number of carbonyl (C=O) groups is 1. The molecular formula is C16H15N3OS. The molecule has 2 heterocycles. The number of nitrogens with one attached hydrogen (secondary N) is 2. The van der Waals surface area contributed by atoms with Crippen molar-refractivity contribution < 1.29 is 4.79 Å². The van der Waals surface area contributed by atoms with Crippen molar-refractivity contribution in [2.24, 2.45) is 0 Å². The molecule has 0 unspecified atom stereocenters. The van der Waals surface area contributed by atoms with Gasteiger partial charge in [-0.2, -0.15) is 5.10 Å². The third-order valence-corrected chi connectivity index (χ3v) is 4.20. The Kier molecular flexibility index (Phi) is 3.83. The highest BCUT2D eigenvalue weighted by molar-refractivity contribution is 7.11. The quantitative estimate of drug-likeness (QED) is 0.775. The summed E-state index contributed by atoms with van der Waals surface area (Å²) in [5, 5.41) is 9.63. The Hall–Kier alpha value is -2.40. The normalized spacial score (nSPS) is 10.5. The predicted octanol–water partition coefficient (Wildman–Crippen LogP) is 3.38. The monoisotopic (exact) mass is 297 g/mol. The number of carbonyl (C=O) groups excluding carboxylic acids is 1. The summed E-state index contributed by atoms with van der Waals surface area (Å²) >= 11 is 1.70. The molecule has 3 aromatic rings. The van der Waals surface area contributed by atoms with Gasteiger partial charge in [-0.15, -0.1) is 11.3 Å². The Morgan fingerprint density at radius 1 is 1.19 bits per heavy atom. The van der Waals surface area contributed by atoms with Gasteiger partial charge in [-0.1, -0.05) is 12.1 Å². The van der Waals surface area contributed by atoms with Gasteiger partial charge >= 0.3 is 0 Å². The molecule has 4 nitrogen and oxygen atoms in total. The van der Waals surface area contributed by atoms with E-state index in [4.69, 9.17) is 0 Å². The zero-order valence-corrected chi connectivity index (χ0v) is 12.4. The van der Waals surface area contributed by atoms with Crippen LogP contribution in [0.15, 0.2) is 48.8 Å². The molecule has 2 aromatic heterocycles. The lowest BCUT2D eigenvalue weighted by atomic mass is 10.1. The van der Waals surface area contributed by atoms with E-state index in [0.29, 0.717) is 12.1 Å². The Morgan fingerprint density at radius 2 is 2.00 bits per heavy atom. The lowest BCUT2D eigenvalue weighted by Gasteiger charge is -2.04. The van der Waals surface area contributed by atoms with Crippen molar-refractivity contribution in [2.45, 2.75) is 13.5 Å². The van der Waals surface area contributed by atoms with Crippen molar-refractivity contribution in [1.82, 2.24) is 15.5 Å². The number of aromatic nitrogens is 2. The van der Waals surface area contributed by atoms with Crippen LogP contribution in [0.5, 0.6) is 0 Å². The van der Waals surface area contributed by atoms with Crippen LogP contribution in [0, 0.1) is 6.92 Å². The number of hydrogen-bond acceptors (Lipinski definition) is 3. The van der Waals surface area contributed by atoms with E-state index in [2.05, 4.69) is 28.5 Å². The second kappa shape index (κ2) is 5.93. The van der Waals surface area contributed by atoms with Gasteiger partial charge in [-0.25, -0.2) is 0 Å². The van der Waals surface area contributed by atoms with Gasteiger partial charge in [-0.3, -0.25) is 9.89 Å². The van der Waals surface area contributed by atoms with Crippen LogP contribution < -0.4 is 5.32 Å². The van der Waals surface area contributed by atoms with Crippen LogP contribution in [0.1, 0.15) is 20.1 Å². The number of thiophene rings is 1. The van der Waals surface area contributed by atoms with Crippen LogP contribution in [0.2, 0.25) is 0 Å². The highest BCUT2D eigenvalue weighted by Gasteiger charge is 2.07. The number of amides is 1. The maximum Gasteiger partial charge on any atom is 0.251 e. The molecule has 106 valence electrons. The molecule has 0 atom stereocenters. The first-order chi connectivity index (χ1) is 10.2. The maximum atomic E-state index is 12.1. The van der Waals surface area contributed by atoms with Crippen molar-refractivity contribution in [3.63, 3.8) is 0 Å². The van der Waals surface area contributed by atoms with Gasteiger partial charge in [0.2, 0.25) is 0 Å². The van der Waals surface area contributed by atoms with E-state index in [1.165, 1.54) is 4.88 Å². The average Bonchev–Trinajstić information content (AvgIpc) is 3.16. The lowest BCUT2D eigenvalue weighted by Crippen LogP contribution is -2.22. The zero-order chi connectivity index (χ0) is 14.7. The molecule has 0 radical (unpaired) electrons. The highest BCUT2D eigenvalue weighted by atomic mass is 32.1. The van der Waals surface area contributed by atoms with E-state index in [0.717, 1.165) is 16.0 Å². The van der Waals surface area contributed by atoms with E-state index in [-0.39, 0.29) is 5.91 Å². The molecule has 3 rings (SSSR count). The van der Waals surface area contributed by atoms with Gasteiger partial charge < -0.3 is 5.32 Å². The van der Waals surface area contributed by atoms with Crippen LogP contribution in [-0.2, 0) is 6.54 Å². The molecule has 21 heavy (non-hydrogen) atoms. The van der Waals surface area contributed by atoms with Crippen molar-refractivity contribution in [3.05, 3.63) is 64.1 Å². The second-order valence-corrected chi connectivity index (χ2v) is 6.13. The molecule has 5 heteroatoms. The number of aromatic amines is 1. The molecule has 0 aliphatic carbocycles. The highest BCUT2D eigenvalue weighted by Crippen LogP contribution is 2.18. The summed E-state index contributed by atoms with van der Waals surface area (Å²) in [7, 11) is 0. The Bertz CT molecular complexity index is 729. The van der Waals surface area contributed by atoms with E-state index < -0.39 is 0 Å². The Labute approximate surface area is 126 Å². The SMILES string of the molecule is Cc1ccc(CNC(=O)c2ccc(-c3cn[nH]c3)cc2)s1.